The number of amides is 1. The van der Waals surface area contributed by atoms with Crippen LogP contribution in [0.5, 0.6) is 0 Å². The van der Waals surface area contributed by atoms with Gasteiger partial charge in [0.2, 0.25) is 0 Å². The lowest BCUT2D eigenvalue weighted by atomic mass is 9.88. The van der Waals surface area contributed by atoms with Crippen molar-refractivity contribution in [1.82, 2.24) is 14.5 Å². The van der Waals surface area contributed by atoms with Crippen LogP contribution in [0.3, 0.4) is 0 Å². The summed E-state index contributed by atoms with van der Waals surface area (Å²) in [4.78, 5) is 19.6. The van der Waals surface area contributed by atoms with Crippen molar-refractivity contribution in [2.75, 3.05) is 26.8 Å². The van der Waals surface area contributed by atoms with Gasteiger partial charge in [-0.1, -0.05) is 19.6 Å². The van der Waals surface area contributed by atoms with E-state index in [2.05, 4.69) is 4.98 Å². The number of pyridine rings is 1. The van der Waals surface area contributed by atoms with Crippen LogP contribution in [0.25, 0.3) is 11.0 Å². The number of rotatable bonds is 6. The highest BCUT2D eigenvalue weighted by Crippen LogP contribution is 2.31. The quantitative estimate of drug-likeness (QED) is 0.648. The molecule has 0 aliphatic carbocycles. The topological polar surface area (TPSA) is 73.4 Å². The minimum absolute atomic E-state index is 0. The van der Waals surface area contributed by atoms with Crippen LogP contribution in [0.2, 0.25) is 0 Å². The Hall–Kier alpha value is -2.77. The van der Waals surface area contributed by atoms with Gasteiger partial charge in [-0.05, 0) is 54.2 Å². The summed E-state index contributed by atoms with van der Waals surface area (Å²) >= 11 is 0. The Bertz CT molecular complexity index is 1040. The summed E-state index contributed by atoms with van der Waals surface area (Å²) in [5.41, 5.74) is 9.70. The van der Waals surface area contributed by atoms with Gasteiger partial charge in [0, 0.05) is 39.5 Å². The van der Waals surface area contributed by atoms with Crippen LogP contribution in [-0.4, -0.2) is 47.2 Å². The maximum atomic E-state index is 14.4. The minimum Gasteiger partial charge on any atom is -0.383 e. The van der Waals surface area contributed by atoms with Crippen molar-refractivity contribution < 1.29 is 13.9 Å². The van der Waals surface area contributed by atoms with Crippen LogP contribution >= 0.6 is 0 Å². The highest BCUT2D eigenvalue weighted by molar-refractivity contribution is 5.97. The average Bonchev–Trinajstić information content (AvgIpc) is 3.16. The molecule has 1 fully saturated rings. The van der Waals surface area contributed by atoms with E-state index in [1.54, 1.807) is 19.4 Å². The summed E-state index contributed by atoms with van der Waals surface area (Å²) in [6, 6.07) is 10.8. The zero-order valence-corrected chi connectivity index (χ0v) is 17.2. The number of hydrogen-bond donors (Lipinski definition) is 1. The molecule has 6 nitrogen and oxygen atoms in total. The number of benzene rings is 1. The third-order valence-electron chi connectivity index (χ3n) is 5.93. The molecule has 1 amide bonds. The predicted molar refractivity (Wildman–Crippen MR) is 121 cm³/mol. The normalized spacial score (nSPS) is 14.6. The van der Waals surface area contributed by atoms with Crippen molar-refractivity contribution in [2.24, 2.45) is 5.73 Å². The Balaban J connectivity index is 0.00000272. The molecule has 166 valence electrons. The van der Waals surface area contributed by atoms with E-state index < -0.39 is 0 Å². The molecule has 1 aliphatic heterocycles. The van der Waals surface area contributed by atoms with Crippen molar-refractivity contribution >= 4 is 16.9 Å². The minimum atomic E-state index is -0.192. The molecule has 31 heavy (non-hydrogen) atoms. The van der Waals surface area contributed by atoms with Gasteiger partial charge in [0.1, 0.15) is 11.5 Å². The van der Waals surface area contributed by atoms with E-state index in [1.807, 2.05) is 33.7 Å². The molecule has 0 spiro atoms. The van der Waals surface area contributed by atoms with E-state index in [-0.39, 0.29) is 25.1 Å². The summed E-state index contributed by atoms with van der Waals surface area (Å²) in [5.74, 6) is -0.108. The van der Waals surface area contributed by atoms with E-state index >= 15 is 0 Å². The molecule has 0 radical (unpaired) electrons. The van der Waals surface area contributed by atoms with Gasteiger partial charge in [0.25, 0.3) is 5.91 Å². The number of methoxy groups -OCH3 is 1. The largest absolute Gasteiger partial charge is 0.383 e. The maximum absolute atomic E-state index is 14.4. The molecular formula is C24H31FN4O2. The van der Waals surface area contributed by atoms with Crippen molar-refractivity contribution in [2.45, 2.75) is 39.3 Å². The smallest absolute Gasteiger partial charge is 0.270 e. The Morgan fingerprint density at radius 2 is 2.03 bits per heavy atom. The lowest BCUT2D eigenvalue weighted by Gasteiger charge is -2.32. The van der Waals surface area contributed by atoms with Crippen LogP contribution in [0, 0.1) is 5.82 Å². The number of aromatic nitrogens is 2. The molecule has 1 aromatic carbocycles. The first-order valence-electron chi connectivity index (χ1n) is 10.3. The lowest BCUT2D eigenvalue weighted by molar-refractivity contribution is 0.0699. The van der Waals surface area contributed by atoms with E-state index in [9.17, 15) is 9.18 Å². The third-order valence-corrected chi connectivity index (χ3v) is 5.93. The van der Waals surface area contributed by atoms with E-state index in [1.165, 1.54) is 6.07 Å². The van der Waals surface area contributed by atoms with Crippen LogP contribution in [0.15, 0.2) is 42.6 Å². The van der Waals surface area contributed by atoms with E-state index in [4.69, 9.17) is 10.5 Å². The molecule has 1 saturated heterocycles. The van der Waals surface area contributed by atoms with Crippen LogP contribution in [-0.2, 0) is 17.8 Å². The van der Waals surface area contributed by atoms with Crippen LogP contribution in [0.1, 0.15) is 47.8 Å². The molecule has 3 heterocycles. The lowest BCUT2D eigenvalue weighted by Crippen LogP contribution is -2.39. The summed E-state index contributed by atoms with van der Waals surface area (Å²) < 4.78 is 21.6. The summed E-state index contributed by atoms with van der Waals surface area (Å²) in [6.07, 6.45) is 3.19. The average molecular weight is 427 g/mol. The van der Waals surface area contributed by atoms with E-state index in [0.717, 1.165) is 29.4 Å². The number of carbonyl (C=O) groups is 1. The first-order valence-corrected chi connectivity index (χ1v) is 10.3. The number of piperidine rings is 1. The number of nitrogens with zero attached hydrogens (tertiary/aromatic N) is 3. The number of nitrogens with two attached hydrogens (primary N) is 1. The molecule has 2 aromatic heterocycles. The van der Waals surface area contributed by atoms with Gasteiger partial charge in [-0.3, -0.25) is 9.78 Å². The molecule has 3 aromatic rings. The Morgan fingerprint density at radius 1 is 1.26 bits per heavy atom. The number of likely N-dealkylation sites (tertiary alicyclic amines) is 1. The first kappa shape index (κ1) is 22.9. The highest BCUT2D eigenvalue weighted by Gasteiger charge is 2.28. The summed E-state index contributed by atoms with van der Waals surface area (Å²) in [6.45, 7) is 2.67. The molecule has 0 unspecified atom stereocenters. The molecule has 7 heteroatoms. The molecular weight excluding hydrogens is 395 g/mol. The van der Waals surface area contributed by atoms with Gasteiger partial charge in [0.15, 0.2) is 0 Å². The Kier molecular flexibility index (Phi) is 7.41. The maximum Gasteiger partial charge on any atom is 0.270 e. The second kappa shape index (κ2) is 10.0. The van der Waals surface area contributed by atoms with Gasteiger partial charge >= 0.3 is 0 Å². The van der Waals surface area contributed by atoms with Crippen molar-refractivity contribution in [3.8, 4) is 0 Å². The Morgan fingerprint density at radius 3 is 2.74 bits per heavy atom. The second-order valence-electron chi connectivity index (χ2n) is 7.71. The predicted octanol–water partition coefficient (Wildman–Crippen LogP) is 3.94. The van der Waals surface area contributed by atoms with Crippen LogP contribution in [0.4, 0.5) is 4.39 Å². The fourth-order valence-corrected chi connectivity index (χ4v) is 4.27. The molecule has 0 saturated carbocycles. The Labute approximate surface area is 182 Å². The van der Waals surface area contributed by atoms with Gasteiger partial charge in [-0.25, -0.2) is 4.39 Å². The molecule has 0 bridgehead atoms. The zero-order chi connectivity index (χ0) is 21.1. The summed E-state index contributed by atoms with van der Waals surface area (Å²) in [5, 5.41) is 0. The fraction of sp³-hybridized carbons (Fsp3) is 0.417. The number of fused-ring (bicyclic) bond motifs is 1. The highest BCUT2D eigenvalue weighted by atomic mass is 19.1. The van der Waals surface area contributed by atoms with Crippen molar-refractivity contribution in [1.29, 1.82) is 0 Å². The molecule has 2 N–H and O–H groups in total. The number of hydrogen-bond acceptors (Lipinski definition) is 4. The van der Waals surface area contributed by atoms with Crippen molar-refractivity contribution in [3.05, 3.63) is 65.2 Å². The fourth-order valence-electron chi connectivity index (χ4n) is 4.27. The third kappa shape index (κ3) is 4.62. The SMILES string of the molecule is C.COCCn1c(C(=O)N2CCC(c3cc(CN)ccc3F)CC2)cc2ncccc21. The zero-order valence-electron chi connectivity index (χ0n) is 17.2. The summed E-state index contributed by atoms with van der Waals surface area (Å²) in [7, 11) is 1.65. The number of carbonyl (C=O) groups excluding carboxylic acids is 1. The number of halogens is 1. The van der Waals surface area contributed by atoms with Gasteiger partial charge in [0.05, 0.1) is 17.6 Å². The first-order chi connectivity index (χ1) is 14.6. The van der Waals surface area contributed by atoms with E-state index in [0.29, 0.717) is 44.0 Å². The second-order valence-corrected chi connectivity index (χ2v) is 7.71. The monoisotopic (exact) mass is 426 g/mol. The molecule has 0 atom stereocenters. The van der Waals surface area contributed by atoms with Crippen LogP contribution < -0.4 is 5.73 Å². The van der Waals surface area contributed by atoms with Gasteiger partial charge < -0.3 is 19.9 Å². The van der Waals surface area contributed by atoms with Crippen molar-refractivity contribution in [3.63, 3.8) is 0 Å². The standard InChI is InChI=1S/C23H27FN4O2.CH4/c1-30-12-11-28-21-3-2-8-26-20(21)14-22(28)23(29)27-9-6-17(7-10-27)18-13-16(15-25)4-5-19(18)24;/h2-5,8,13-14,17H,6-7,9-12,15,25H2,1H3;1H4. The van der Waals surface area contributed by atoms with Gasteiger partial charge in [-0.15, -0.1) is 0 Å². The van der Waals surface area contributed by atoms with Gasteiger partial charge in [-0.2, -0.15) is 0 Å². The molecule has 4 rings (SSSR count). The number of ether oxygens (including phenoxy) is 1. The molecule has 1 aliphatic rings.